The number of thiazole rings is 1. The summed E-state index contributed by atoms with van der Waals surface area (Å²) >= 11 is 1.60. The van der Waals surface area contributed by atoms with E-state index in [2.05, 4.69) is 10.3 Å². The van der Waals surface area contributed by atoms with Crippen LogP contribution in [-0.4, -0.2) is 46.1 Å². The molecule has 17 heavy (non-hydrogen) atoms. The lowest BCUT2D eigenvalue weighted by Crippen LogP contribution is -2.24. The number of rotatable bonds is 6. The maximum absolute atomic E-state index is 11.1. The highest BCUT2D eigenvalue weighted by Crippen LogP contribution is 2.24. The normalized spacial score (nSPS) is 11.8. The third-order valence-electron chi connectivity index (χ3n) is 2.34. The van der Waals surface area contributed by atoms with Crippen LogP contribution in [-0.2, 0) is 16.4 Å². The van der Waals surface area contributed by atoms with Crippen molar-refractivity contribution in [3.63, 3.8) is 0 Å². The molecule has 0 saturated carbocycles. The van der Waals surface area contributed by atoms with Crippen molar-refractivity contribution in [3.8, 4) is 0 Å². The second-order valence-corrected chi connectivity index (χ2v) is 7.41. The number of sulfone groups is 1. The molecule has 0 aliphatic carbocycles. The molecule has 1 heterocycles. The first kappa shape index (κ1) is 14.4. The van der Waals surface area contributed by atoms with Crippen molar-refractivity contribution in [2.24, 2.45) is 0 Å². The SMILES string of the molecule is CNCc1sc(N(C)CCS(C)(=O)=O)nc1C. The van der Waals surface area contributed by atoms with E-state index in [9.17, 15) is 8.42 Å². The van der Waals surface area contributed by atoms with Gasteiger partial charge in [0.15, 0.2) is 5.13 Å². The highest BCUT2D eigenvalue weighted by atomic mass is 32.2. The van der Waals surface area contributed by atoms with Crippen molar-refractivity contribution in [2.75, 3.05) is 37.5 Å². The van der Waals surface area contributed by atoms with E-state index in [-0.39, 0.29) is 5.75 Å². The lowest BCUT2D eigenvalue weighted by atomic mass is 10.4. The summed E-state index contributed by atoms with van der Waals surface area (Å²) in [4.78, 5) is 7.51. The van der Waals surface area contributed by atoms with E-state index in [1.807, 2.05) is 25.9 Å². The third kappa shape index (κ3) is 4.61. The van der Waals surface area contributed by atoms with E-state index < -0.39 is 9.84 Å². The Morgan fingerprint density at radius 3 is 2.65 bits per heavy atom. The average molecular weight is 277 g/mol. The van der Waals surface area contributed by atoms with Crippen LogP contribution in [0.15, 0.2) is 0 Å². The molecular weight excluding hydrogens is 258 g/mol. The molecule has 98 valence electrons. The molecule has 7 heteroatoms. The summed E-state index contributed by atoms with van der Waals surface area (Å²) in [5.74, 6) is 0.156. The fraction of sp³-hybridized carbons (Fsp3) is 0.700. The first-order chi connectivity index (χ1) is 7.83. The first-order valence-corrected chi connectivity index (χ1v) is 8.21. The zero-order valence-corrected chi connectivity index (χ0v) is 12.3. The number of aromatic nitrogens is 1. The van der Waals surface area contributed by atoms with E-state index in [0.29, 0.717) is 6.54 Å². The van der Waals surface area contributed by atoms with Gasteiger partial charge in [-0.2, -0.15) is 0 Å². The van der Waals surface area contributed by atoms with E-state index in [1.165, 1.54) is 11.1 Å². The van der Waals surface area contributed by atoms with Crippen LogP contribution in [0.4, 0.5) is 5.13 Å². The van der Waals surface area contributed by atoms with E-state index in [4.69, 9.17) is 0 Å². The Morgan fingerprint density at radius 1 is 1.47 bits per heavy atom. The summed E-state index contributed by atoms with van der Waals surface area (Å²) < 4.78 is 22.2. The molecule has 5 nitrogen and oxygen atoms in total. The molecule has 0 bridgehead atoms. The molecule has 0 unspecified atom stereocenters. The van der Waals surface area contributed by atoms with Crippen LogP contribution in [0, 0.1) is 6.92 Å². The predicted molar refractivity (Wildman–Crippen MR) is 72.6 cm³/mol. The summed E-state index contributed by atoms with van der Waals surface area (Å²) in [6.45, 7) is 3.24. The standard InChI is InChI=1S/C10H19N3O2S2/c1-8-9(7-11-2)16-10(12-8)13(3)5-6-17(4,14)15/h11H,5-7H2,1-4H3. The molecule has 0 aromatic carbocycles. The van der Waals surface area contributed by atoms with Gasteiger partial charge in [0.05, 0.1) is 11.4 Å². The predicted octanol–water partition coefficient (Wildman–Crippen LogP) is 0.652. The van der Waals surface area contributed by atoms with E-state index >= 15 is 0 Å². The van der Waals surface area contributed by atoms with Gasteiger partial charge in [0.2, 0.25) is 0 Å². The Morgan fingerprint density at radius 2 is 2.12 bits per heavy atom. The molecule has 0 radical (unpaired) electrons. The average Bonchev–Trinajstić information content (AvgIpc) is 2.57. The molecule has 1 aromatic heterocycles. The van der Waals surface area contributed by atoms with Gasteiger partial charge in [0.25, 0.3) is 0 Å². The zero-order valence-electron chi connectivity index (χ0n) is 10.6. The summed E-state index contributed by atoms with van der Waals surface area (Å²) in [6.07, 6.45) is 1.25. The summed E-state index contributed by atoms with van der Waals surface area (Å²) in [5.41, 5.74) is 1.01. The maximum Gasteiger partial charge on any atom is 0.185 e. The molecule has 1 aromatic rings. The summed E-state index contributed by atoms with van der Waals surface area (Å²) in [5, 5.41) is 3.96. The fourth-order valence-corrected chi connectivity index (χ4v) is 2.96. The Kier molecular flexibility index (Phi) is 4.91. The van der Waals surface area contributed by atoms with Crippen LogP contribution < -0.4 is 10.2 Å². The van der Waals surface area contributed by atoms with Crippen molar-refractivity contribution >= 4 is 26.3 Å². The van der Waals surface area contributed by atoms with Gasteiger partial charge >= 0.3 is 0 Å². The van der Waals surface area contributed by atoms with Crippen LogP contribution in [0.25, 0.3) is 0 Å². The Bertz CT molecular complexity index is 468. The van der Waals surface area contributed by atoms with Crippen molar-refractivity contribution in [3.05, 3.63) is 10.6 Å². The molecule has 0 saturated heterocycles. The van der Waals surface area contributed by atoms with Gasteiger partial charge in [-0.3, -0.25) is 0 Å². The number of aryl methyl sites for hydroxylation is 1. The zero-order chi connectivity index (χ0) is 13.1. The number of hydrogen-bond donors (Lipinski definition) is 1. The summed E-state index contributed by atoms with van der Waals surface area (Å²) in [7, 11) is 0.845. The Balaban J connectivity index is 2.69. The molecule has 0 aliphatic heterocycles. The molecule has 0 fully saturated rings. The van der Waals surface area contributed by atoms with Crippen molar-refractivity contribution < 1.29 is 8.42 Å². The monoisotopic (exact) mass is 277 g/mol. The third-order valence-corrected chi connectivity index (χ3v) is 4.54. The fourth-order valence-electron chi connectivity index (χ4n) is 1.30. The van der Waals surface area contributed by atoms with Gasteiger partial charge < -0.3 is 10.2 Å². The molecule has 1 N–H and O–H groups in total. The minimum absolute atomic E-state index is 0.156. The molecule has 0 atom stereocenters. The first-order valence-electron chi connectivity index (χ1n) is 5.33. The Hall–Kier alpha value is -0.660. The minimum atomic E-state index is -2.92. The minimum Gasteiger partial charge on any atom is -0.350 e. The van der Waals surface area contributed by atoms with Gasteiger partial charge in [-0.15, -0.1) is 11.3 Å². The highest BCUT2D eigenvalue weighted by Gasteiger charge is 2.12. The van der Waals surface area contributed by atoms with Crippen molar-refractivity contribution in [2.45, 2.75) is 13.5 Å². The lowest BCUT2D eigenvalue weighted by molar-refractivity contribution is 0.601. The number of hydrogen-bond acceptors (Lipinski definition) is 6. The second kappa shape index (κ2) is 5.79. The van der Waals surface area contributed by atoms with Gasteiger partial charge in [-0.25, -0.2) is 13.4 Å². The highest BCUT2D eigenvalue weighted by molar-refractivity contribution is 7.90. The van der Waals surface area contributed by atoms with Gasteiger partial charge in [0.1, 0.15) is 9.84 Å². The van der Waals surface area contributed by atoms with Crippen LogP contribution in [0.1, 0.15) is 10.6 Å². The molecule has 0 aliphatic rings. The number of anilines is 1. The van der Waals surface area contributed by atoms with Crippen LogP contribution in [0.2, 0.25) is 0 Å². The van der Waals surface area contributed by atoms with Gasteiger partial charge in [-0.1, -0.05) is 0 Å². The van der Waals surface area contributed by atoms with Crippen LogP contribution >= 0.6 is 11.3 Å². The number of nitrogens with one attached hydrogen (secondary N) is 1. The molecule has 0 amide bonds. The second-order valence-electron chi connectivity index (χ2n) is 4.09. The Labute approximate surface area is 107 Å². The van der Waals surface area contributed by atoms with E-state index in [0.717, 1.165) is 17.4 Å². The van der Waals surface area contributed by atoms with Crippen molar-refractivity contribution in [1.29, 1.82) is 0 Å². The van der Waals surface area contributed by atoms with Gasteiger partial charge in [-0.05, 0) is 14.0 Å². The lowest BCUT2D eigenvalue weighted by Gasteiger charge is -2.14. The topological polar surface area (TPSA) is 62.3 Å². The molecular formula is C10H19N3O2S2. The molecule has 1 rings (SSSR count). The molecule has 0 spiro atoms. The van der Waals surface area contributed by atoms with E-state index in [1.54, 1.807) is 11.3 Å². The smallest absolute Gasteiger partial charge is 0.185 e. The maximum atomic E-state index is 11.1. The van der Waals surface area contributed by atoms with Crippen LogP contribution in [0.5, 0.6) is 0 Å². The quantitative estimate of drug-likeness (QED) is 0.827. The number of nitrogens with zero attached hydrogens (tertiary/aromatic N) is 2. The van der Waals surface area contributed by atoms with Crippen LogP contribution in [0.3, 0.4) is 0 Å². The van der Waals surface area contributed by atoms with Gasteiger partial charge in [0, 0.05) is 31.3 Å². The van der Waals surface area contributed by atoms with Crippen molar-refractivity contribution in [1.82, 2.24) is 10.3 Å². The largest absolute Gasteiger partial charge is 0.350 e. The summed E-state index contributed by atoms with van der Waals surface area (Å²) in [6, 6.07) is 0.